The van der Waals surface area contributed by atoms with Crippen LogP contribution in [0.1, 0.15) is 15.9 Å². The second-order valence-electron chi connectivity index (χ2n) is 5.80. The fraction of sp³-hybridized carbons (Fsp3) is 0.0500. The number of amides is 1. The van der Waals surface area contributed by atoms with Crippen molar-refractivity contribution in [2.75, 3.05) is 5.32 Å². The average molecular weight is 386 g/mol. The topological polar surface area (TPSA) is 63.2 Å². The minimum atomic E-state index is -3.59. The number of hydrogen-bond acceptors (Lipinski definition) is 3. The molecule has 0 saturated carbocycles. The van der Waals surface area contributed by atoms with E-state index >= 15 is 0 Å². The van der Waals surface area contributed by atoms with E-state index in [1.54, 1.807) is 60.7 Å². The summed E-state index contributed by atoms with van der Waals surface area (Å²) in [5, 5.41) is 3.28. The van der Waals surface area contributed by atoms with Gasteiger partial charge in [-0.25, -0.2) is 8.42 Å². The Labute approximate surface area is 157 Å². The zero-order chi connectivity index (χ0) is 18.7. The smallest absolute Gasteiger partial charge is 0.255 e. The number of rotatable bonds is 4. The first-order valence-electron chi connectivity index (χ1n) is 7.85. The summed E-state index contributed by atoms with van der Waals surface area (Å²) in [6, 6.07) is 19.3. The Morgan fingerprint density at radius 1 is 0.808 bits per heavy atom. The molecule has 0 aliphatic heterocycles. The fourth-order valence-corrected chi connectivity index (χ4v) is 3.76. The van der Waals surface area contributed by atoms with Crippen LogP contribution in [0.2, 0.25) is 5.02 Å². The van der Waals surface area contributed by atoms with Crippen LogP contribution in [0.3, 0.4) is 0 Å². The molecule has 0 spiro atoms. The van der Waals surface area contributed by atoms with Gasteiger partial charge < -0.3 is 5.32 Å². The largest absolute Gasteiger partial charge is 0.322 e. The Bertz CT molecular complexity index is 1030. The lowest BCUT2D eigenvalue weighted by Crippen LogP contribution is -2.11. The molecule has 26 heavy (non-hydrogen) atoms. The van der Waals surface area contributed by atoms with Gasteiger partial charge in [-0.2, -0.15) is 0 Å². The SMILES string of the molecule is Cc1ccc(S(=O)(=O)c2ccc(NC(=O)c3ccc(Cl)cc3)cc2)cc1. The van der Waals surface area contributed by atoms with Gasteiger partial charge in [0, 0.05) is 16.3 Å². The van der Waals surface area contributed by atoms with Crippen LogP contribution in [0.5, 0.6) is 0 Å². The first kappa shape index (κ1) is 18.2. The molecule has 0 unspecified atom stereocenters. The van der Waals surface area contributed by atoms with Crippen molar-refractivity contribution in [1.82, 2.24) is 0 Å². The Hall–Kier alpha value is -2.63. The third kappa shape index (κ3) is 3.95. The van der Waals surface area contributed by atoms with Crippen LogP contribution in [-0.4, -0.2) is 14.3 Å². The second-order valence-corrected chi connectivity index (χ2v) is 8.19. The minimum Gasteiger partial charge on any atom is -0.322 e. The third-order valence-electron chi connectivity index (χ3n) is 3.86. The first-order valence-corrected chi connectivity index (χ1v) is 9.71. The number of halogens is 1. The molecule has 0 aliphatic carbocycles. The Kier molecular flexibility index (Phi) is 5.11. The van der Waals surface area contributed by atoms with E-state index in [0.29, 0.717) is 16.3 Å². The van der Waals surface area contributed by atoms with E-state index in [9.17, 15) is 13.2 Å². The lowest BCUT2D eigenvalue weighted by molar-refractivity contribution is 0.102. The zero-order valence-corrected chi connectivity index (χ0v) is 15.5. The highest BCUT2D eigenvalue weighted by atomic mass is 35.5. The zero-order valence-electron chi connectivity index (χ0n) is 13.9. The molecule has 132 valence electrons. The van der Waals surface area contributed by atoms with Crippen LogP contribution >= 0.6 is 11.6 Å². The van der Waals surface area contributed by atoms with Gasteiger partial charge in [-0.15, -0.1) is 0 Å². The summed E-state index contributed by atoms with van der Waals surface area (Å²) in [6.07, 6.45) is 0. The predicted octanol–water partition coefficient (Wildman–Crippen LogP) is 4.73. The Morgan fingerprint density at radius 3 is 1.85 bits per heavy atom. The van der Waals surface area contributed by atoms with Gasteiger partial charge in [0.15, 0.2) is 0 Å². The van der Waals surface area contributed by atoms with Crippen molar-refractivity contribution in [2.45, 2.75) is 16.7 Å². The summed E-state index contributed by atoms with van der Waals surface area (Å²) < 4.78 is 25.3. The van der Waals surface area contributed by atoms with Crippen LogP contribution < -0.4 is 5.32 Å². The van der Waals surface area contributed by atoms with Crippen LogP contribution in [0.4, 0.5) is 5.69 Å². The number of hydrogen-bond donors (Lipinski definition) is 1. The van der Waals surface area contributed by atoms with Gasteiger partial charge in [-0.3, -0.25) is 4.79 Å². The van der Waals surface area contributed by atoms with Gasteiger partial charge in [0.1, 0.15) is 0 Å². The number of nitrogens with one attached hydrogen (secondary N) is 1. The van der Waals surface area contributed by atoms with E-state index in [-0.39, 0.29) is 15.7 Å². The van der Waals surface area contributed by atoms with Crippen molar-refractivity contribution in [3.63, 3.8) is 0 Å². The van der Waals surface area contributed by atoms with Gasteiger partial charge in [0.05, 0.1) is 9.79 Å². The van der Waals surface area contributed by atoms with Crippen molar-refractivity contribution in [3.05, 3.63) is 88.9 Å². The number of anilines is 1. The van der Waals surface area contributed by atoms with Crippen molar-refractivity contribution in [1.29, 1.82) is 0 Å². The molecule has 1 amide bonds. The molecule has 0 heterocycles. The lowest BCUT2D eigenvalue weighted by atomic mass is 10.2. The summed E-state index contributed by atoms with van der Waals surface area (Å²) in [5.41, 5.74) is 1.96. The number of carbonyl (C=O) groups excluding carboxylic acids is 1. The number of carbonyl (C=O) groups is 1. The monoisotopic (exact) mass is 385 g/mol. The number of aryl methyl sites for hydroxylation is 1. The summed E-state index contributed by atoms with van der Waals surface area (Å²) in [5.74, 6) is -0.296. The summed E-state index contributed by atoms with van der Waals surface area (Å²) in [6.45, 7) is 1.90. The predicted molar refractivity (Wildman–Crippen MR) is 102 cm³/mol. The molecular weight excluding hydrogens is 370 g/mol. The molecule has 0 bridgehead atoms. The average Bonchev–Trinajstić information content (AvgIpc) is 2.63. The molecule has 0 aromatic heterocycles. The van der Waals surface area contributed by atoms with Crippen molar-refractivity contribution < 1.29 is 13.2 Å². The molecular formula is C20H16ClNO3S. The Morgan fingerprint density at radius 2 is 1.31 bits per heavy atom. The highest BCUT2D eigenvalue weighted by Gasteiger charge is 2.17. The van der Waals surface area contributed by atoms with Gasteiger partial charge in [-0.05, 0) is 67.6 Å². The highest BCUT2D eigenvalue weighted by Crippen LogP contribution is 2.23. The van der Waals surface area contributed by atoms with Crippen LogP contribution in [0.25, 0.3) is 0 Å². The normalized spacial score (nSPS) is 11.2. The molecule has 0 atom stereocenters. The van der Waals surface area contributed by atoms with Crippen LogP contribution in [0, 0.1) is 6.92 Å². The van der Waals surface area contributed by atoms with E-state index in [1.807, 2.05) is 6.92 Å². The van der Waals surface area contributed by atoms with Gasteiger partial charge in [-0.1, -0.05) is 29.3 Å². The van der Waals surface area contributed by atoms with E-state index < -0.39 is 9.84 Å². The maximum absolute atomic E-state index is 12.6. The van der Waals surface area contributed by atoms with E-state index in [4.69, 9.17) is 11.6 Å². The van der Waals surface area contributed by atoms with E-state index in [1.165, 1.54) is 12.1 Å². The standard InChI is InChI=1S/C20H16ClNO3S/c1-14-2-10-18(11-3-14)26(24,25)19-12-8-17(9-13-19)22-20(23)15-4-6-16(21)7-5-15/h2-13H,1H3,(H,22,23). The molecule has 4 nitrogen and oxygen atoms in total. The summed E-state index contributed by atoms with van der Waals surface area (Å²) in [4.78, 5) is 12.6. The highest BCUT2D eigenvalue weighted by molar-refractivity contribution is 7.91. The quantitative estimate of drug-likeness (QED) is 0.705. The molecule has 3 aromatic rings. The Balaban J connectivity index is 1.78. The molecule has 0 saturated heterocycles. The number of benzene rings is 3. The van der Waals surface area contributed by atoms with Crippen LogP contribution in [0.15, 0.2) is 82.6 Å². The third-order valence-corrected chi connectivity index (χ3v) is 5.90. The van der Waals surface area contributed by atoms with E-state index in [2.05, 4.69) is 5.32 Å². The van der Waals surface area contributed by atoms with Crippen molar-refractivity contribution in [2.24, 2.45) is 0 Å². The molecule has 6 heteroatoms. The van der Waals surface area contributed by atoms with Gasteiger partial charge in [0.25, 0.3) is 5.91 Å². The maximum Gasteiger partial charge on any atom is 0.255 e. The lowest BCUT2D eigenvalue weighted by Gasteiger charge is -2.08. The molecule has 1 N–H and O–H groups in total. The fourth-order valence-electron chi connectivity index (χ4n) is 2.38. The summed E-state index contributed by atoms with van der Waals surface area (Å²) in [7, 11) is -3.59. The van der Waals surface area contributed by atoms with Crippen molar-refractivity contribution >= 4 is 33.0 Å². The summed E-state index contributed by atoms with van der Waals surface area (Å²) >= 11 is 5.81. The molecule has 0 radical (unpaired) electrons. The van der Waals surface area contributed by atoms with Gasteiger partial charge in [0.2, 0.25) is 9.84 Å². The van der Waals surface area contributed by atoms with Gasteiger partial charge >= 0.3 is 0 Å². The first-order chi connectivity index (χ1) is 12.4. The maximum atomic E-state index is 12.6. The number of sulfone groups is 1. The minimum absolute atomic E-state index is 0.172. The van der Waals surface area contributed by atoms with Crippen molar-refractivity contribution in [3.8, 4) is 0 Å². The van der Waals surface area contributed by atoms with E-state index in [0.717, 1.165) is 5.56 Å². The molecule has 3 rings (SSSR count). The second kappa shape index (κ2) is 7.32. The molecule has 3 aromatic carbocycles. The van der Waals surface area contributed by atoms with Crippen LogP contribution in [-0.2, 0) is 9.84 Å². The molecule has 0 fully saturated rings. The molecule has 0 aliphatic rings.